The molecule has 2 aromatic carbocycles. The van der Waals surface area contributed by atoms with Gasteiger partial charge in [0.2, 0.25) is 0 Å². The summed E-state index contributed by atoms with van der Waals surface area (Å²) >= 11 is 0. The van der Waals surface area contributed by atoms with Crippen LogP contribution in [-0.4, -0.2) is 38.1 Å². The monoisotopic (exact) mass is 383 g/mol. The molecule has 3 amide bonds. The van der Waals surface area contributed by atoms with Crippen molar-refractivity contribution in [3.63, 3.8) is 0 Å². The third kappa shape index (κ3) is 6.42. The van der Waals surface area contributed by atoms with Gasteiger partial charge < -0.3 is 20.7 Å². The molecule has 0 heterocycles. The molecule has 1 unspecified atom stereocenters. The average molecular weight is 383 g/mol. The quantitative estimate of drug-likeness (QED) is 0.611. The number of ether oxygens (including phenoxy) is 1. The molecule has 0 aliphatic rings. The van der Waals surface area contributed by atoms with E-state index >= 15 is 0 Å². The van der Waals surface area contributed by atoms with E-state index in [-0.39, 0.29) is 18.5 Å². The van der Waals surface area contributed by atoms with Gasteiger partial charge in [-0.2, -0.15) is 0 Å². The number of rotatable bonds is 8. The zero-order valence-electron chi connectivity index (χ0n) is 16.0. The van der Waals surface area contributed by atoms with Gasteiger partial charge in [0.25, 0.3) is 5.91 Å². The predicted octanol–water partition coefficient (Wildman–Crippen LogP) is 2.90. The second kappa shape index (κ2) is 10.7. The maximum Gasteiger partial charge on any atom is 0.325 e. The van der Waals surface area contributed by atoms with Gasteiger partial charge >= 0.3 is 12.0 Å². The number of hydrogen-bond donors (Lipinski definition) is 3. The van der Waals surface area contributed by atoms with Crippen molar-refractivity contribution in [3.8, 4) is 0 Å². The number of anilines is 1. The SMILES string of the molecule is CCC(CNC(=O)Nc1ccc(C(=O)NCC(=O)OC)cc1)c1ccccc1. The van der Waals surface area contributed by atoms with Crippen LogP contribution in [-0.2, 0) is 9.53 Å². The van der Waals surface area contributed by atoms with E-state index in [2.05, 4.69) is 39.7 Å². The highest BCUT2D eigenvalue weighted by molar-refractivity contribution is 5.96. The molecular weight excluding hydrogens is 358 g/mol. The van der Waals surface area contributed by atoms with E-state index in [1.165, 1.54) is 12.7 Å². The molecule has 2 aromatic rings. The number of methoxy groups -OCH3 is 1. The Hall–Kier alpha value is -3.35. The summed E-state index contributed by atoms with van der Waals surface area (Å²) in [7, 11) is 1.25. The first kappa shape index (κ1) is 21.0. The Bertz CT molecular complexity index is 791. The van der Waals surface area contributed by atoms with Crippen LogP contribution >= 0.6 is 0 Å². The molecule has 0 saturated carbocycles. The van der Waals surface area contributed by atoms with Crippen molar-refractivity contribution in [3.05, 3.63) is 65.7 Å². The van der Waals surface area contributed by atoms with Gasteiger partial charge in [0.1, 0.15) is 6.54 Å². The van der Waals surface area contributed by atoms with Gasteiger partial charge in [-0.3, -0.25) is 9.59 Å². The van der Waals surface area contributed by atoms with Gasteiger partial charge in [-0.15, -0.1) is 0 Å². The van der Waals surface area contributed by atoms with Gasteiger partial charge in [-0.1, -0.05) is 37.3 Å². The topological polar surface area (TPSA) is 96.5 Å². The fraction of sp³-hybridized carbons (Fsp3) is 0.286. The lowest BCUT2D eigenvalue weighted by Gasteiger charge is -2.16. The van der Waals surface area contributed by atoms with E-state index in [4.69, 9.17) is 0 Å². The standard InChI is InChI=1S/C21H25N3O4/c1-3-15(16-7-5-4-6-8-16)13-23-21(27)24-18-11-9-17(10-12-18)20(26)22-14-19(25)28-2/h4-12,15H,3,13-14H2,1-2H3,(H,22,26)(H2,23,24,27). The van der Waals surface area contributed by atoms with Crippen LogP contribution in [0.3, 0.4) is 0 Å². The van der Waals surface area contributed by atoms with Gasteiger partial charge in [-0.25, -0.2) is 4.79 Å². The number of esters is 1. The van der Waals surface area contributed by atoms with Crippen molar-refractivity contribution < 1.29 is 19.1 Å². The van der Waals surface area contributed by atoms with Crippen LogP contribution in [0.2, 0.25) is 0 Å². The Morgan fingerprint density at radius 2 is 1.64 bits per heavy atom. The molecule has 0 radical (unpaired) electrons. The summed E-state index contributed by atoms with van der Waals surface area (Å²) in [6.45, 7) is 2.42. The number of benzene rings is 2. The lowest BCUT2D eigenvalue weighted by molar-refractivity contribution is -0.139. The summed E-state index contributed by atoms with van der Waals surface area (Å²) in [6.07, 6.45) is 0.916. The lowest BCUT2D eigenvalue weighted by atomic mass is 9.97. The van der Waals surface area contributed by atoms with Crippen molar-refractivity contribution in [2.24, 2.45) is 0 Å². The fourth-order valence-corrected chi connectivity index (χ4v) is 2.65. The van der Waals surface area contributed by atoms with Crippen molar-refractivity contribution in [2.75, 3.05) is 25.5 Å². The van der Waals surface area contributed by atoms with Crippen LogP contribution in [0.4, 0.5) is 10.5 Å². The summed E-state index contributed by atoms with van der Waals surface area (Å²) in [4.78, 5) is 35.1. The maximum absolute atomic E-state index is 12.1. The number of nitrogens with one attached hydrogen (secondary N) is 3. The molecule has 7 heteroatoms. The molecule has 1 atom stereocenters. The van der Waals surface area contributed by atoms with Crippen LogP contribution in [0.25, 0.3) is 0 Å². The Morgan fingerprint density at radius 1 is 0.964 bits per heavy atom. The zero-order valence-corrected chi connectivity index (χ0v) is 16.0. The van der Waals surface area contributed by atoms with E-state index in [0.29, 0.717) is 17.8 Å². The molecule has 0 aliphatic carbocycles. The second-order valence-electron chi connectivity index (χ2n) is 6.19. The Labute approximate surface area is 164 Å². The second-order valence-corrected chi connectivity index (χ2v) is 6.19. The summed E-state index contributed by atoms with van der Waals surface area (Å²) < 4.78 is 4.47. The number of urea groups is 1. The molecule has 7 nitrogen and oxygen atoms in total. The van der Waals surface area contributed by atoms with Crippen molar-refractivity contribution >= 4 is 23.6 Å². The molecule has 28 heavy (non-hydrogen) atoms. The minimum Gasteiger partial charge on any atom is -0.468 e. The molecule has 0 saturated heterocycles. The maximum atomic E-state index is 12.1. The Morgan fingerprint density at radius 3 is 2.25 bits per heavy atom. The van der Waals surface area contributed by atoms with Crippen molar-refractivity contribution in [2.45, 2.75) is 19.3 Å². The molecule has 0 aromatic heterocycles. The number of hydrogen-bond acceptors (Lipinski definition) is 4. The molecule has 0 aliphatic heterocycles. The first-order valence-corrected chi connectivity index (χ1v) is 9.08. The molecule has 0 fully saturated rings. The van der Waals surface area contributed by atoms with Crippen LogP contribution in [0, 0.1) is 0 Å². The van der Waals surface area contributed by atoms with Gasteiger partial charge in [-0.05, 0) is 36.2 Å². The molecule has 0 spiro atoms. The highest BCUT2D eigenvalue weighted by Crippen LogP contribution is 2.18. The zero-order chi connectivity index (χ0) is 20.4. The minimum absolute atomic E-state index is 0.197. The number of amides is 3. The van der Waals surface area contributed by atoms with E-state index in [1.807, 2.05) is 18.2 Å². The number of carbonyl (C=O) groups is 3. The lowest BCUT2D eigenvalue weighted by Crippen LogP contribution is -2.32. The largest absolute Gasteiger partial charge is 0.468 e. The van der Waals surface area contributed by atoms with E-state index in [1.54, 1.807) is 24.3 Å². The first-order valence-electron chi connectivity index (χ1n) is 9.08. The molecule has 3 N–H and O–H groups in total. The molecular formula is C21H25N3O4. The predicted molar refractivity (Wildman–Crippen MR) is 107 cm³/mol. The van der Waals surface area contributed by atoms with Crippen LogP contribution in [0.5, 0.6) is 0 Å². The summed E-state index contributed by atoms with van der Waals surface area (Å²) in [5, 5.41) is 8.07. The number of carbonyl (C=O) groups excluding carboxylic acids is 3. The minimum atomic E-state index is -0.524. The fourth-order valence-electron chi connectivity index (χ4n) is 2.65. The van der Waals surface area contributed by atoms with Crippen LogP contribution in [0.1, 0.15) is 35.2 Å². The van der Waals surface area contributed by atoms with Crippen LogP contribution in [0.15, 0.2) is 54.6 Å². The smallest absolute Gasteiger partial charge is 0.325 e. The van der Waals surface area contributed by atoms with E-state index in [9.17, 15) is 14.4 Å². The first-order chi connectivity index (χ1) is 13.5. The molecule has 0 bridgehead atoms. The summed E-state index contributed by atoms with van der Waals surface area (Å²) in [5.74, 6) is -0.674. The van der Waals surface area contributed by atoms with Crippen LogP contribution < -0.4 is 16.0 Å². The summed E-state index contributed by atoms with van der Waals surface area (Å²) in [6, 6.07) is 16.1. The highest BCUT2D eigenvalue weighted by Gasteiger charge is 2.11. The van der Waals surface area contributed by atoms with Gasteiger partial charge in [0.15, 0.2) is 0 Å². The Kier molecular flexibility index (Phi) is 8.02. The normalized spacial score (nSPS) is 11.2. The van der Waals surface area contributed by atoms with E-state index in [0.717, 1.165) is 6.42 Å². The van der Waals surface area contributed by atoms with Gasteiger partial charge in [0, 0.05) is 23.7 Å². The summed E-state index contributed by atoms with van der Waals surface area (Å²) in [5.41, 5.74) is 2.13. The average Bonchev–Trinajstić information content (AvgIpc) is 2.73. The van der Waals surface area contributed by atoms with Crippen molar-refractivity contribution in [1.29, 1.82) is 0 Å². The molecule has 148 valence electrons. The highest BCUT2D eigenvalue weighted by atomic mass is 16.5. The van der Waals surface area contributed by atoms with Crippen molar-refractivity contribution in [1.82, 2.24) is 10.6 Å². The molecule has 2 rings (SSSR count). The third-order valence-electron chi connectivity index (χ3n) is 4.30. The third-order valence-corrected chi connectivity index (χ3v) is 4.30. The van der Waals surface area contributed by atoms with E-state index < -0.39 is 11.9 Å². The Balaban J connectivity index is 1.83. The van der Waals surface area contributed by atoms with Gasteiger partial charge in [0.05, 0.1) is 7.11 Å².